The van der Waals surface area contributed by atoms with E-state index in [-0.39, 0.29) is 17.2 Å². The van der Waals surface area contributed by atoms with Crippen LogP contribution in [0.3, 0.4) is 0 Å². The van der Waals surface area contributed by atoms with Crippen molar-refractivity contribution in [3.05, 3.63) is 59.2 Å². The number of nitrogens with zero attached hydrogens (tertiary/aromatic N) is 1. The van der Waals surface area contributed by atoms with Gasteiger partial charge in [-0.1, -0.05) is 31.0 Å². The van der Waals surface area contributed by atoms with Gasteiger partial charge in [-0.3, -0.25) is 4.79 Å². The van der Waals surface area contributed by atoms with E-state index in [0.717, 1.165) is 36.8 Å². The van der Waals surface area contributed by atoms with E-state index in [1.54, 1.807) is 28.6 Å². The van der Waals surface area contributed by atoms with E-state index in [4.69, 9.17) is 0 Å². The molecule has 6 heteroatoms. The standard InChI is InChI=1S/C22H28N2O3S/c1-17-7-8-19(15-18(17)2)16-22(25)23-20-9-11-21(12-10-20)28(26,27)24-13-5-3-4-6-14-24/h7-12,15H,3-6,13-14,16H2,1-2H3,(H,23,25). The maximum Gasteiger partial charge on any atom is 0.243 e. The van der Waals surface area contributed by atoms with E-state index in [1.165, 1.54) is 5.56 Å². The van der Waals surface area contributed by atoms with Gasteiger partial charge in [0.25, 0.3) is 0 Å². The van der Waals surface area contributed by atoms with Crippen molar-refractivity contribution in [3.8, 4) is 0 Å². The molecule has 5 nitrogen and oxygen atoms in total. The SMILES string of the molecule is Cc1ccc(CC(=O)Nc2ccc(S(=O)(=O)N3CCCCCC3)cc2)cc1C. The minimum absolute atomic E-state index is 0.119. The first-order valence-corrected chi connectivity index (χ1v) is 11.3. The van der Waals surface area contributed by atoms with Gasteiger partial charge < -0.3 is 5.32 Å². The van der Waals surface area contributed by atoms with Gasteiger partial charge in [-0.2, -0.15) is 4.31 Å². The Morgan fingerprint density at radius 3 is 2.18 bits per heavy atom. The molecule has 1 heterocycles. The molecule has 2 aromatic carbocycles. The third kappa shape index (κ3) is 5.00. The molecule has 1 aliphatic rings. The molecule has 0 atom stereocenters. The van der Waals surface area contributed by atoms with Crippen molar-refractivity contribution in [3.63, 3.8) is 0 Å². The number of rotatable bonds is 5. The number of anilines is 1. The molecule has 1 fully saturated rings. The van der Waals surface area contributed by atoms with Gasteiger partial charge in [0, 0.05) is 18.8 Å². The highest BCUT2D eigenvalue weighted by atomic mass is 32.2. The number of sulfonamides is 1. The molecule has 0 spiro atoms. The molecule has 0 radical (unpaired) electrons. The lowest BCUT2D eigenvalue weighted by Gasteiger charge is -2.20. The summed E-state index contributed by atoms with van der Waals surface area (Å²) in [6.07, 6.45) is 4.27. The Labute approximate surface area is 167 Å². The summed E-state index contributed by atoms with van der Waals surface area (Å²) in [7, 11) is -3.47. The zero-order chi connectivity index (χ0) is 20.1. The normalized spacial score (nSPS) is 15.8. The zero-order valence-electron chi connectivity index (χ0n) is 16.6. The fourth-order valence-electron chi connectivity index (χ4n) is 3.45. The summed E-state index contributed by atoms with van der Waals surface area (Å²) in [6.45, 7) is 5.23. The fourth-order valence-corrected chi connectivity index (χ4v) is 4.96. The Bertz CT molecular complexity index is 929. The van der Waals surface area contributed by atoms with Gasteiger partial charge in [0.05, 0.1) is 11.3 Å². The van der Waals surface area contributed by atoms with E-state index in [0.29, 0.717) is 18.8 Å². The second kappa shape index (κ2) is 8.88. The summed E-state index contributed by atoms with van der Waals surface area (Å²) in [6, 6.07) is 12.5. The Morgan fingerprint density at radius 2 is 1.57 bits per heavy atom. The molecule has 1 N–H and O–H groups in total. The third-order valence-electron chi connectivity index (χ3n) is 5.28. The lowest BCUT2D eigenvalue weighted by atomic mass is 10.0. The van der Waals surface area contributed by atoms with Gasteiger partial charge in [-0.25, -0.2) is 8.42 Å². The number of carbonyl (C=O) groups is 1. The molecule has 1 aliphatic heterocycles. The average molecular weight is 401 g/mol. The largest absolute Gasteiger partial charge is 0.326 e. The van der Waals surface area contributed by atoms with E-state index >= 15 is 0 Å². The van der Waals surface area contributed by atoms with E-state index in [9.17, 15) is 13.2 Å². The molecule has 0 unspecified atom stereocenters. The van der Waals surface area contributed by atoms with Gasteiger partial charge in [-0.05, 0) is 67.6 Å². The molecule has 0 saturated carbocycles. The second-order valence-electron chi connectivity index (χ2n) is 7.49. The van der Waals surface area contributed by atoms with Crippen molar-refractivity contribution in [1.82, 2.24) is 4.31 Å². The maximum atomic E-state index is 12.8. The third-order valence-corrected chi connectivity index (χ3v) is 7.19. The monoisotopic (exact) mass is 400 g/mol. The van der Waals surface area contributed by atoms with Gasteiger partial charge >= 0.3 is 0 Å². The predicted octanol–water partition coefficient (Wildman–Crippen LogP) is 4.05. The van der Waals surface area contributed by atoms with Crippen LogP contribution >= 0.6 is 0 Å². The number of nitrogens with one attached hydrogen (secondary N) is 1. The van der Waals surface area contributed by atoms with Crippen LogP contribution in [0.5, 0.6) is 0 Å². The number of aryl methyl sites for hydroxylation is 2. The summed E-state index contributed by atoms with van der Waals surface area (Å²) in [5.74, 6) is -0.119. The first kappa shape index (κ1) is 20.6. The summed E-state index contributed by atoms with van der Waals surface area (Å²) in [5, 5.41) is 2.85. The number of carbonyl (C=O) groups excluding carboxylic acids is 1. The minimum Gasteiger partial charge on any atom is -0.326 e. The van der Waals surface area contributed by atoms with Gasteiger partial charge in [0.15, 0.2) is 0 Å². The fraction of sp³-hybridized carbons (Fsp3) is 0.409. The van der Waals surface area contributed by atoms with Crippen molar-refractivity contribution in [1.29, 1.82) is 0 Å². The summed E-state index contributed by atoms with van der Waals surface area (Å²) in [5.41, 5.74) is 3.92. The molecule has 150 valence electrons. The molecule has 1 saturated heterocycles. The van der Waals surface area contributed by atoms with Crippen LogP contribution < -0.4 is 5.32 Å². The number of benzene rings is 2. The molecule has 1 amide bonds. The highest BCUT2D eigenvalue weighted by Crippen LogP contribution is 2.22. The minimum atomic E-state index is -3.47. The average Bonchev–Trinajstić information content (AvgIpc) is 2.95. The first-order valence-electron chi connectivity index (χ1n) is 9.82. The summed E-state index contributed by atoms with van der Waals surface area (Å²) in [4.78, 5) is 12.6. The van der Waals surface area contributed by atoms with Crippen LogP contribution in [0.4, 0.5) is 5.69 Å². The highest BCUT2D eigenvalue weighted by molar-refractivity contribution is 7.89. The zero-order valence-corrected chi connectivity index (χ0v) is 17.4. The van der Waals surface area contributed by atoms with Crippen LogP contribution in [-0.4, -0.2) is 31.7 Å². The van der Waals surface area contributed by atoms with Crippen molar-refractivity contribution in [2.75, 3.05) is 18.4 Å². The molecule has 0 aromatic heterocycles. The predicted molar refractivity (Wildman–Crippen MR) is 112 cm³/mol. The molecule has 28 heavy (non-hydrogen) atoms. The molecule has 2 aromatic rings. The molecule has 3 rings (SSSR count). The lowest BCUT2D eigenvalue weighted by Crippen LogP contribution is -2.31. The lowest BCUT2D eigenvalue weighted by molar-refractivity contribution is -0.115. The van der Waals surface area contributed by atoms with Crippen LogP contribution in [0.25, 0.3) is 0 Å². The van der Waals surface area contributed by atoms with E-state index in [2.05, 4.69) is 5.32 Å². The quantitative estimate of drug-likeness (QED) is 0.823. The summed E-state index contributed by atoms with van der Waals surface area (Å²) < 4.78 is 27.2. The second-order valence-corrected chi connectivity index (χ2v) is 9.42. The first-order chi connectivity index (χ1) is 13.4. The Balaban J connectivity index is 1.65. The Kier molecular flexibility index (Phi) is 6.52. The van der Waals surface area contributed by atoms with Crippen molar-refractivity contribution < 1.29 is 13.2 Å². The Hall–Kier alpha value is -2.18. The topological polar surface area (TPSA) is 66.5 Å². The molecule has 0 aliphatic carbocycles. The van der Waals surface area contributed by atoms with Crippen molar-refractivity contribution >= 4 is 21.6 Å². The Morgan fingerprint density at radius 1 is 0.929 bits per heavy atom. The van der Waals surface area contributed by atoms with E-state index < -0.39 is 10.0 Å². The molecule has 0 bridgehead atoms. The highest BCUT2D eigenvalue weighted by Gasteiger charge is 2.24. The molecular formula is C22H28N2O3S. The van der Waals surface area contributed by atoms with Gasteiger partial charge in [-0.15, -0.1) is 0 Å². The van der Waals surface area contributed by atoms with Crippen LogP contribution in [0.15, 0.2) is 47.4 Å². The molecular weight excluding hydrogens is 372 g/mol. The number of amides is 1. The van der Waals surface area contributed by atoms with Crippen LogP contribution in [0.2, 0.25) is 0 Å². The summed E-state index contributed by atoms with van der Waals surface area (Å²) >= 11 is 0. The number of hydrogen-bond acceptors (Lipinski definition) is 3. The van der Waals surface area contributed by atoms with Crippen LogP contribution in [0, 0.1) is 13.8 Å². The maximum absolute atomic E-state index is 12.8. The van der Waals surface area contributed by atoms with Crippen molar-refractivity contribution in [2.24, 2.45) is 0 Å². The van der Waals surface area contributed by atoms with Crippen molar-refractivity contribution in [2.45, 2.75) is 50.8 Å². The van der Waals surface area contributed by atoms with Gasteiger partial charge in [0.1, 0.15) is 0 Å². The van der Waals surface area contributed by atoms with E-state index in [1.807, 2.05) is 32.0 Å². The number of hydrogen-bond donors (Lipinski definition) is 1. The van der Waals surface area contributed by atoms with Crippen LogP contribution in [0.1, 0.15) is 42.4 Å². The van der Waals surface area contributed by atoms with Crippen LogP contribution in [-0.2, 0) is 21.2 Å². The van der Waals surface area contributed by atoms with Gasteiger partial charge in [0.2, 0.25) is 15.9 Å². The smallest absolute Gasteiger partial charge is 0.243 e.